The number of carbonyl (C=O) groups is 2. The molecule has 1 heterocycles. The van der Waals surface area contributed by atoms with Crippen LogP contribution in [0, 0.1) is 13.8 Å². The van der Waals surface area contributed by atoms with Gasteiger partial charge in [-0.1, -0.05) is 35.9 Å². The Hall–Kier alpha value is -3.32. The number of esters is 1. The zero-order valence-corrected chi connectivity index (χ0v) is 20.4. The summed E-state index contributed by atoms with van der Waals surface area (Å²) < 4.78 is 16.3. The Morgan fingerprint density at radius 2 is 1.61 bits per heavy atom. The van der Waals surface area contributed by atoms with E-state index in [4.69, 9.17) is 14.2 Å². The molecule has 1 aromatic heterocycles. The van der Waals surface area contributed by atoms with Crippen LogP contribution in [0.1, 0.15) is 40.2 Å². The predicted octanol–water partition coefficient (Wildman–Crippen LogP) is 5.80. The second kappa shape index (κ2) is 11.0. The van der Waals surface area contributed by atoms with E-state index in [0.29, 0.717) is 35.3 Å². The Labute approximate surface area is 198 Å². The molecule has 0 saturated carbocycles. The van der Waals surface area contributed by atoms with Crippen LogP contribution < -0.4 is 14.8 Å². The first-order chi connectivity index (χ1) is 15.9. The fourth-order valence-corrected chi connectivity index (χ4v) is 4.64. The SMILES string of the molecule is CCOc1ccc(CC(=O)Nc2sc(C)c(-c3ccc(C)cc3)c2C(=O)OC)cc1OCC. The highest BCUT2D eigenvalue weighted by atomic mass is 32.1. The molecular weight excluding hydrogens is 438 g/mol. The van der Waals surface area contributed by atoms with Crippen LogP contribution in [0.4, 0.5) is 5.00 Å². The fraction of sp³-hybridized carbons (Fsp3) is 0.308. The van der Waals surface area contributed by atoms with Crippen molar-refractivity contribution < 1.29 is 23.8 Å². The third kappa shape index (κ3) is 5.73. The van der Waals surface area contributed by atoms with E-state index in [1.165, 1.54) is 18.4 Å². The van der Waals surface area contributed by atoms with Crippen LogP contribution in [0.2, 0.25) is 0 Å². The lowest BCUT2D eigenvalue weighted by Crippen LogP contribution is -2.16. The summed E-state index contributed by atoms with van der Waals surface area (Å²) in [5.41, 5.74) is 3.97. The number of benzene rings is 2. The number of rotatable bonds is 9. The molecule has 3 aromatic rings. The van der Waals surface area contributed by atoms with E-state index in [9.17, 15) is 9.59 Å². The van der Waals surface area contributed by atoms with Crippen molar-refractivity contribution in [1.29, 1.82) is 0 Å². The zero-order chi connectivity index (χ0) is 24.0. The van der Waals surface area contributed by atoms with Crippen molar-refractivity contribution in [3.8, 4) is 22.6 Å². The molecule has 0 fully saturated rings. The minimum Gasteiger partial charge on any atom is -0.490 e. The Kier molecular flexibility index (Phi) is 8.11. The molecule has 1 N–H and O–H groups in total. The van der Waals surface area contributed by atoms with Gasteiger partial charge in [0.1, 0.15) is 10.6 Å². The highest BCUT2D eigenvalue weighted by Crippen LogP contribution is 2.40. The lowest BCUT2D eigenvalue weighted by Gasteiger charge is -2.12. The van der Waals surface area contributed by atoms with Gasteiger partial charge in [-0.05, 0) is 51.0 Å². The van der Waals surface area contributed by atoms with Crippen LogP contribution in [0.5, 0.6) is 11.5 Å². The van der Waals surface area contributed by atoms with Crippen molar-refractivity contribution in [2.24, 2.45) is 0 Å². The number of hydrogen-bond donors (Lipinski definition) is 1. The number of ether oxygens (including phenoxy) is 3. The van der Waals surface area contributed by atoms with E-state index in [0.717, 1.165) is 27.1 Å². The molecule has 0 unspecified atom stereocenters. The smallest absolute Gasteiger partial charge is 0.341 e. The number of hydrogen-bond acceptors (Lipinski definition) is 6. The van der Waals surface area contributed by atoms with E-state index in [1.807, 2.05) is 70.2 Å². The van der Waals surface area contributed by atoms with Crippen molar-refractivity contribution in [1.82, 2.24) is 0 Å². The molecule has 0 radical (unpaired) electrons. The fourth-order valence-electron chi connectivity index (χ4n) is 3.56. The van der Waals surface area contributed by atoms with E-state index < -0.39 is 5.97 Å². The minimum absolute atomic E-state index is 0.129. The summed E-state index contributed by atoms with van der Waals surface area (Å²) in [5, 5.41) is 3.40. The van der Waals surface area contributed by atoms with E-state index in [-0.39, 0.29) is 12.3 Å². The van der Waals surface area contributed by atoms with Gasteiger partial charge in [0.05, 0.1) is 26.7 Å². The van der Waals surface area contributed by atoms with Gasteiger partial charge in [0.15, 0.2) is 11.5 Å². The molecule has 0 aliphatic rings. The van der Waals surface area contributed by atoms with E-state index in [2.05, 4.69) is 5.32 Å². The molecule has 0 saturated heterocycles. The molecule has 0 aliphatic carbocycles. The van der Waals surface area contributed by atoms with Gasteiger partial charge in [-0.2, -0.15) is 0 Å². The lowest BCUT2D eigenvalue weighted by molar-refractivity contribution is -0.115. The number of carbonyl (C=O) groups excluding carboxylic acids is 2. The number of amides is 1. The van der Waals surface area contributed by atoms with Crippen molar-refractivity contribution in [2.45, 2.75) is 34.1 Å². The number of thiophene rings is 1. The number of methoxy groups -OCH3 is 1. The third-order valence-corrected chi connectivity index (χ3v) is 6.06. The number of aryl methyl sites for hydroxylation is 2. The minimum atomic E-state index is -0.482. The van der Waals surface area contributed by atoms with Crippen LogP contribution >= 0.6 is 11.3 Å². The first kappa shape index (κ1) is 24.3. The highest BCUT2D eigenvalue weighted by Gasteiger charge is 2.25. The van der Waals surface area contributed by atoms with Crippen molar-refractivity contribution in [3.63, 3.8) is 0 Å². The van der Waals surface area contributed by atoms with Crippen LogP contribution in [-0.4, -0.2) is 32.2 Å². The van der Waals surface area contributed by atoms with Gasteiger partial charge in [0.25, 0.3) is 0 Å². The quantitative estimate of drug-likeness (QED) is 0.403. The Bertz CT molecular complexity index is 1130. The molecule has 6 nitrogen and oxygen atoms in total. The van der Waals surface area contributed by atoms with Crippen LogP contribution in [0.15, 0.2) is 42.5 Å². The Balaban J connectivity index is 1.88. The molecule has 174 valence electrons. The second-order valence-corrected chi connectivity index (χ2v) is 8.69. The summed E-state index contributed by atoms with van der Waals surface area (Å²) in [6.07, 6.45) is 0.129. The van der Waals surface area contributed by atoms with Gasteiger partial charge >= 0.3 is 5.97 Å². The van der Waals surface area contributed by atoms with Crippen molar-refractivity contribution >= 4 is 28.2 Å². The van der Waals surface area contributed by atoms with E-state index in [1.54, 1.807) is 0 Å². The summed E-state index contributed by atoms with van der Waals surface area (Å²) in [5.74, 6) is 0.537. The zero-order valence-electron chi connectivity index (χ0n) is 19.6. The summed E-state index contributed by atoms with van der Waals surface area (Å²) in [6.45, 7) is 8.77. The summed E-state index contributed by atoms with van der Waals surface area (Å²) in [4.78, 5) is 26.5. The maximum Gasteiger partial charge on any atom is 0.341 e. The first-order valence-corrected chi connectivity index (χ1v) is 11.7. The van der Waals surface area contributed by atoms with Gasteiger partial charge < -0.3 is 19.5 Å². The third-order valence-electron chi connectivity index (χ3n) is 5.04. The monoisotopic (exact) mass is 467 g/mol. The average molecular weight is 468 g/mol. The number of anilines is 1. The second-order valence-electron chi connectivity index (χ2n) is 7.47. The summed E-state index contributed by atoms with van der Waals surface area (Å²) >= 11 is 1.37. The Morgan fingerprint density at radius 1 is 0.939 bits per heavy atom. The highest BCUT2D eigenvalue weighted by molar-refractivity contribution is 7.17. The maximum absolute atomic E-state index is 12.9. The normalized spacial score (nSPS) is 10.6. The molecule has 0 bridgehead atoms. The summed E-state index contributed by atoms with van der Waals surface area (Å²) in [7, 11) is 1.34. The first-order valence-electron chi connectivity index (χ1n) is 10.8. The molecule has 0 aliphatic heterocycles. The summed E-state index contributed by atoms with van der Waals surface area (Å²) in [6, 6.07) is 13.4. The topological polar surface area (TPSA) is 73.9 Å². The molecule has 0 spiro atoms. The van der Waals surface area contributed by atoms with Crippen LogP contribution in [0.3, 0.4) is 0 Å². The average Bonchev–Trinajstić information content (AvgIpc) is 3.11. The van der Waals surface area contributed by atoms with Gasteiger partial charge in [0, 0.05) is 10.4 Å². The standard InChI is InChI=1S/C26H29NO5S/c1-6-31-20-13-10-18(14-21(20)32-7-2)15-22(28)27-25-24(26(29)30-5)23(17(4)33-25)19-11-8-16(3)9-12-19/h8-14H,6-7,15H2,1-5H3,(H,27,28). The molecule has 2 aromatic carbocycles. The molecule has 0 atom stereocenters. The van der Waals surface area contributed by atoms with Crippen LogP contribution in [0.25, 0.3) is 11.1 Å². The maximum atomic E-state index is 12.9. The molecule has 3 rings (SSSR count). The number of nitrogens with one attached hydrogen (secondary N) is 1. The predicted molar refractivity (Wildman–Crippen MR) is 132 cm³/mol. The largest absolute Gasteiger partial charge is 0.490 e. The van der Waals surface area contributed by atoms with Gasteiger partial charge in [-0.3, -0.25) is 4.79 Å². The molecule has 33 heavy (non-hydrogen) atoms. The van der Waals surface area contributed by atoms with Gasteiger partial charge in [-0.25, -0.2) is 4.79 Å². The van der Waals surface area contributed by atoms with Crippen molar-refractivity contribution in [2.75, 3.05) is 25.6 Å². The van der Waals surface area contributed by atoms with Gasteiger partial charge in [-0.15, -0.1) is 11.3 Å². The molecular formula is C26H29NO5S. The molecule has 1 amide bonds. The molecule has 7 heteroatoms. The Morgan fingerprint density at radius 3 is 2.24 bits per heavy atom. The lowest BCUT2D eigenvalue weighted by atomic mass is 10.0. The van der Waals surface area contributed by atoms with Crippen molar-refractivity contribution in [3.05, 3.63) is 64.0 Å². The van der Waals surface area contributed by atoms with Gasteiger partial charge in [0.2, 0.25) is 5.91 Å². The van der Waals surface area contributed by atoms with E-state index >= 15 is 0 Å². The van der Waals surface area contributed by atoms with Crippen LogP contribution in [-0.2, 0) is 16.0 Å².